The molecule has 1 N–H and O–H groups in total. The van der Waals surface area contributed by atoms with E-state index in [2.05, 4.69) is 10.4 Å². The zero-order chi connectivity index (χ0) is 12.7. The Bertz CT molecular complexity index is 658. The summed E-state index contributed by atoms with van der Waals surface area (Å²) < 4.78 is 1.65. The van der Waals surface area contributed by atoms with E-state index in [1.807, 2.05) is 31.2 Å². The molecule has 0 radical (unpaired) electrons. The molecule has 0 aliphatic carbocycles. The largest absolute Gasteiger partial charge is 0.291 e. The first kappa shape index (κ1) is 10.7. The highest BCUT2D eigenvalue weighted by Crippen LogP contribution is 2.18. The minimum atomic E-state index is -0.423. The summed E-state index contributed by atoms with van der Waals surface area (Å²) >= 11 is 0. The first-order chi connectivity index (χ1) is 8.65. The van der Waals surface area contributed by atoms with Gasteiger partial charge < -0.3 is 0 Å². The molecule has 1 aliphatic rings. The standard InChI is InChI=1S/C13H11N3O2/c1-8-4-2-3-5-10(8)16-7-9-6-11(17)14-13(18)12(9)15-16/h2-5,7H,6H2,1H3,(H,14,17,18). The second kappa shape index (κ2) is 3.80. The lowest BCUT2D eigenvalue weighted by Gasteiger charge is -2.07. The first-order valence-corrected chi connectivity index (χ1v) is 5.64. The van der Waals surface area contributed by atoms with Crippen LogP contribution in [0.1, 0.15) is 21.6 Å². The maximum atomic E-state index is 11.6. The summed E-state index contributed by atoms with van der Waals surface area (Å²) in [4.78, 5) is 22.9. The molecule has 0 saturated heterocycles. The second-order valence-corrected chi connectivity index (χ2v) is 4.29. The molecule has 18 heavy (non-hydrogen) atoms. The van der Waals surface area contributed by atoms with E-state index in [1.54, 1.807) is 10.9 Å². The number of aryl methyl sites for hydroxylation is 1. The van der Waals surface area contributed by atoms with Crippen LogP contribution in [0.25, 0.3) is 5.69 Å². The lowest BCUT2D eigenvalue weighted by molar-refractivity contribution is -0.119. The van der Waals surface area contributed by atoms with Gasteiger partial charge in [-0.2, -0.15) is 5.10 Å². The van der Waals surface area contributed by atoms with Gasteiger partial charge in [0.1, 0.15) is 0 Å². The number of imide groups is 1. The van der Waals surface area contributed by atoms with Gasteiger partial charge in [0.05, 0.1) is 12.1 Å². The summed E-state index contributed by atoms with van der Waals surface area (Å²) in [6.07, 6.45) is 1.95. The van der Waals surface area contributed by atoms with Crippen LogP contribution in [0.3, 0.4) is 0 Å². The molecule has 0 unspecified atom stereocenters. The van der Waals surface area contributed by atoms with Crippen molar-refractivity contribution in [1.29, 1.82) is 0 Å². The van der Waals surface area contributed by atoms with Crippen LogP contribution < -0.4 is 5.32 Å². The quantitative estimate of drug-likeness (QED) is 0.757. The zero-order valence-corrected chi connectivity index (χ0v) is 9.80. The summed E-state index contributed by atoms with van der Waals surface area (Å²) in [5.74, 6) is -0.703. The number of carbonyl (C=O) groups is 2. The van der Waals surface area contributed by atoms with E-state index in [1.165, 1.54) is 0 Å². The molecule has 2 heterocycles. The molecule has 5 heteroatoms. The summed E-state index contributed by atoms with van der Waals surface area (Å²) in [6, 6.07) is 7.75. The number of fused-ring (bicyclic) bond motifs is 1. The Balaban J connectivity index is 2.12. The normalized spacial score (nSPS) is 14.3. The lowest BCUT2D eigenvalue weighted by atomic mass is 10.1. The number of hydrogen-bond donors (Lipinski definition) is 1. The average Bonchev–Trinajstić information content (AvgIpc) is 2.73. The predicted octanol–water partition coefficient (Wildman–Crippen LogP) is 0.993. The van der Waals surface area contributed by atoms with Crippen molar-refractivity contribution in [3.8, 4) is 5.69 Å². The highest BCUT2D eigenvalue weighted by atomic mass is 16.2. The molecule has 1 aromatic carbocycles. The van der Waals surface area contributed by atoms with Crippen LogP contribution in [0.15, 0.2) is 30.5 Å². The van der Waals surface area contributed by atoms with Crippen molar-refractivity contribution >= 4 is 11.8 Å². The van der Waals surface area contributed by atoms with Gasteiger partial charge in [-0.15, -0.1) is 0 Å². The lowest BCUT2D eigenvalue weighted by Crippen LogP contribution is -2.36. The van der Waals surface area contributed by atoms with E-state index in [0.717, 1.165) is 11.3 Å². The third kappa shape index (κ3) is 1.60. The molecule has 0 atom stereocenters. The Morgan fingerprint density at radius 1 is 1.28 bits per heavy atom. The molecular formula is C13H11N3O2. The van der Waals surface area contributed by atoms with Crippen molar-refractivity contribution in [3.63, 3.8) is 0 Å². The Morgan fingerprint density at radius 2 is 2.06 bits per heavy atom. The van der Waals surface area contributed by atoms with Crippen LogP contribution in [0, 0.1) is 6.92 Å². The van der Waals surface area contributed by atoms with Crippen LogP contribution in [-0.4, -0.2) is 21.6 Å². The number of amides is 2. The summed E-state index contributed by atoms with van der Waals surface area (Å²) in [5, 5.41) is 6.51. The van der Waals surface area contributed by atoms with Crippen molar-refractivity contribution in [2.24, 2.45) is 0 Å². The van der Waals surface area contributed by atoms with E-state index in [-0.39, 0.29) is 12.3 Å². The van der Waals surface area contributed by atoms with Crippen LogP contribution in [0.2, 0.25) is 0 Å². The third-order valence-electron chi connectivity index (χ3n) is 2.97. The van der Waals surface area contributed by atoms with Crippen molar-refractivity contribution < 1.29 is 9.59 Å². The van der Waals surface area contributed by atoms with Gasteiger partial charge in [0.15, 0.2) is 5.69 Å². The molecule has 0 fully saturated rings. The number of nitrogens with one attached hydrogen (secondary N) is 1. The number of nitrogens with zero attached hydrogens (tertiary/aromatic N) is 2. The molecular weight excluding hydrogens is 230 g/mol. The van der Waals surface area contributed by atoms with Gasteiger partial charge in [-0.05, 0) is 18.6 Å². The first-order valence-electron chi connectivity index (χ1n) is 5.64. The Kier molecular flexibility index (Phi) is 2.26. The van der Waals surface area contributed by atoms with Gasteiger partial charge in [-0.1, -0.05) is 18.2 Å². The number of para-hydroxylation sites is 1. The second-order valence-electron chi connectivity index (χ2n) is 4.29. The molecule has 90 valence electrons. The number of aromatic nitrogens is 2. The molecule has 1 aromatic heterocycles. The Hall–Kier alpha value is -2.43. The summed E-state index contributed by atoms with van der Waals surface area (Å²) in [6.45, 7) is 1.97. The third-order valence-corrected chi connectivity index (χ3v) is 2.97. The fraction of sp³-hybridized carbons (Fsp3) is 0.154. The SMILES string of the molecule is Cc1ccccc1-n1cc2c(n1)C(=O)NC(=O)C2. The maximum Gasteiger partial charge on any atom is 0.278 e. The zero-order valence-electron chi connectivity index (χ0n) is 9.80. The van der Waals surface area contributed by atoms with Crippen molar-refractivity contribution in [3.05, 3.63) is 47.3 Å². The highest BCUT2D eigenvalue weighted by molar-refractivity contribution is 6.08. The molecule has 2 amide bonds. The van der Waals surface area contributed by atoms with Gasteiger partial charge in [0, 0.05) is 11.8 Å². The van der Waals surface area contributed by atoms with Gasteiger partial charge in [-0.3, -0.25) is 14.9 Å². The topological polar surface area (TPSA) is 64.0 Å². The Morgan fingerprint density at radius 3 is 2.83 bits per heavy atom. The van der Waals surface area contributed by atoms with Crippen LogP contribution in [0.4, 0.5) is 0 Å². The monoisotopic (exact) mass is 241 g/mol. The molecule has 3 rings (SSSR count). The molecule has 2 aromatic rings. The van der Waals surface area contributed by atoms with Gasteiger partial charge >= 0.3 is 0 Å². The average molecular weight is 241 g/mol. The minimum Gasteiger partial charge on any atom is -0.291 e. The Labute approximate surface area is 103 Å². The number of carbonyl (C=O) groups excluding carboxylic acids is 2. The molecule has 0 saturated carbocycles. The summed E-state index contributed by atoms with van der Waals surface area (Å²) in [7, 11) is 0. The fourth-order valence-corrected chi connectivity index (χ4v) is 2.08. The summed E-state index contributed by atoms with van der Waals surface area (Å²) in [5.41, 5.74) is 2.97. The minimum absolute atomic E-state index is 0.201. The van der Waals surface area contributed by atoms with Crippen LogP contribution >= 0.6 is 0 Å². The van der Waals surface area contributed by atoms with Gasteiger partial charge in [-0.25, -0.2) is 4.68 Å². The maximum absolute atomic E-state index is 11.6. The molecule has 5 nitrogen and oxygen atoms in total. The van der Waals surface area contributed by atoms with E-state index < -0.39 is 5.91 Å². The van der Waals surface area contributed by atoms with E-state index >= 15 is 0 Å². The van der Waals surface area contributed by atoms with E-state index in [0.29, 0.717) is 11.3 Å². The molecule has 0 spiro atoms. The van der Waals surface area contributed by atoms with Crippen LogP contribution in [0.5, 0.6) is 0 Å². The van der Waals surface area contributed by atoms with Gasteiger partial charge in [0.2, 0.25) is 5.91 Å². The fourth-order valence-electron chi connectivity index (χ4n) is 2.08. The van der Waals surface area contributed by atoms with Crippen molar-refractivity contribution in [2.45, 2.75) is 13.3 Å². The predicted molar refractivity (Wildman–Crippen MR) is 64.5 cm³/mol. The highest BCUT2D eigenvalue weighted by Gasteiger charge is 2.26. The van der Waals surface area contributed by atoms with Crippen LogP contribution in [-0.2, 0) is 11.2 Å². The number of benzene rings is 1. The van der Waals surface area contributed by atoms with Crippen molar-refractivity contribution in [1.82, 2.24) is 15.1 Å². The number of rotatable bonds is 1. The van der Waals surface area contributed by atoms with Crippen molar-refractivity contribution in [2.75, 3.05) is 0 Å². The molecule has 0 bridgehead atoms. The number of hydrogen-bond acceptors (Lipinski definition) is 3. The van der Waals surface area contributed by atoms with Gasteiger partial charge in [0.25, 0.3) is 5.91 Å². The molecule has 1 aliphatic heterocycles. The smallest absolute Gasteiger partial charge is 0.278 e. The van der Waals surface area contributed by atoms with E-state index in [9.17, 15) is 9.59 Å². The van der Waals surface area contributed by atoms with E-state index in [4.69, 9.17) is 0 Å².